The number of methoxy groups -OCH3 is 1. The Morgan fingerprint density at radius 3 is 2.19 bits per heavy atom. The summed E-state index contributed by atoms with van der Waals surface area (Å²) in [6.45, 7) is 22.2. The SMILES string of the molecule is CC[C@H]1OC(=O)[C@H](C)[C@@H](O[C@H]2C[C@@](C)(OC)[C@@H](O)[C@H](C)O2)[C@H](C)[C@@H](O[C@@H]2O[C@H](C)C[C@H](N(C)C(C)C)[C@H]2O)[C@]2(C)CC(C)=C(O2)[C@H](C)[C@@H](O)[C@]1(C)O. The zero-order valence-corrected chi connectivity index (χ0v) is 34.0. The molecule has 13 heteroatoms. The highest BCUT2D eigenvalue weighted by Crippen LogP contribution is 2.47. The van der Waals surface area contributed by atoms with Crippen molar-refractivity contribution in [2.75, 3.05) is 14.2 Å². The van der Waals surface area contributed by atoms with E-state index in [1.807, 2.05) is 34.7 Å². The number of aliphatic hydroxyl groups excluding tert-OH is 3. The van der Waals surface area contributed by atoms with Gasteiger partial charge in [-0.2, -0.15) is 0 Å². The molecule has 0 aliphatic carbocycles. The Morgan fingerprint density at radius 2 is 1.62 bits per heavy atom. The molecule has 0 amide bonds. The van der Waals surface area contributed by atoms with Crippen LogP contribution >= 0.6 is 0 Å². The van der Waals surface area contributed by atoms with Gasteiger partial charge in [0.2, 0.25) is 0 Å². The molecular weight excluding hydrogens is 674 g/mol. The molecule has 3 saturated heterocycles. The van der Waals surface area contributed by atoms with Crippen molar-refractivity contribution in [2.24, 2.45) is 17.8 Å². The minimum absolute atomic E-state index is 0.163. The second kappa shape index (κ2) is 16.4. The van der Waals surface area contributed by atoms with Crippen LogP contribution in [-0.2, 0) is 38.0 Å². The smallest absolute Gasteiger partial charge is 0.311 e. The van der Waals surface area contributed by atoms with Crippen molar-refractivity contribution in [1.82, 2.24) is 4.90 Å². The molecule has 17 atom stereocenters. The topological polar surface area (TPSA) is 166 Å². The summed E-state index contributed by atoms with van der Waals surface area (Å²) in [5, 5.41) is 46.2. The summed E-state index contributed by atoms with van der Waals surface area (Å²) in [5.41, 5.74) is -3.01. The van der Waals surface area contributed by atoms with Gasteiger partial charge in [-0.15, -0.1) is 0 Å². The third-order valence-corrected chi connectivity index (χ3v) is 12.6. The Balaban J connectivity index is 1.84. The molecule has 13 nitrogen and oxygen atoms in total. The van der Waals surface area contributed by atoms with Crippen LogP contribution in [0.4, 0.5) is 0 Å². The molecular formula is C39H69NO12. The van der Waals surface area contributed by atoms with Crippen LogP contribution in [0.5, 0.6) is 0 Å². The first-order valence-corrected chi connectivity index (χ1v) is 19.3. The van der Waals surface area contributed by atoms with Gasteiger partial charge >= 0.3 is 5.97 Å². The van der Waals surface area contributed by atoms with Gasteiger partial charge in [-0.3, -0.25) is 9.69 Å². The van der Waals surface area contributed by atoms with E-state index in [0.29, 0.717) is 18.6 Å². The van der Waals surface area contributed by atoms with E-state index in [1.54, 1.807) is 34.6 Å². The third-order valence-electron chi connectivity index (χ3n) is 12.6. The van der Waals surface area contributed by atoms with Gasteiger partial charge < -0.3 is 53.6 Å². The van der Waals surface area contributed by atoms with Crippen molar-refractivity contribution < 1.29 is 58.4 Å². The maximum Gasteiger partial charge on any atom is 0.311 e. The molecule has 0 spiro atoms. The van der Waals surface area contributed by atoms with E-state index < -0.39 is 95.8 Å². The average molecular weight is 744 g/mol. The number of fused-ring (bicyclic) bond motifs is 2. The van der Waals surface area contributed by atoms with Gasteiger partial charge in [0.15, 0.2) is 12.6 Å². The van der Waals surface area contributed by atoms with Crippen molar-refractivity contribution in [3.05, 3.63) is 11.3 Å². The molecule has 4 aliphatic rings. The highest BCUT2D eigenvalue weighted by Gasteiger charge is 2.56. The molecule has 0 unspecified atom stereocenters. The molecule has 4 aliphatic heterocycles. The molecule has 0 radical (unpaired) electrons. The first-order chi connectivity index (χ1) is 24.0. The first kappa shape index (κ1) is 43.3. The van der Waals surface area contributed by atoms with Crippen LogP contribution in [0, 0.1) is 17.8 Å². The largest absolute Gasteiger partial charge is 0.489 e. The molecule has 0 aromatic carbocycles. The minimum atomic E-state index is -1.82. The summed E-state index contributed by atoms with van der Waals surface area (Å²) in [4.78, 5) is 16.3. The number of carbonyl (C=O) groups is 1. The average Bonchev–Trinajstić information content (AvgIpc) is 3.40. The summed E-state index contributed by atoms with van der Waals surface area (Å²) in [6.07, 6.45) is -7.45. The van der Waals surface area contributed by atoms with E-state index in [-0.39, 0.29) is 31.0 Å². The summed E-state index contributed by atoms with van der Waals surface area (Å²) >= 11 is 0. The number of ether oxygens (including phenoxy) is 7. The van der Waals surface area contributed by atoms with Crippen LogP contribution in [0.2, 0.25) is 0 Å². The lowest BCUT2D eigenvalue weighted by molar-refractivity contribution is -0.317. The maximum absolute atomic E-state index is 14.2. The van der Waals surface area contributed by atoms with E-state index in [0.717, 1.165) is 5.57 Å². The van der Waals surface area contributed by atoms with E-state index in [2.05, 4.69) is 18.7 Å². The van der Waals surface area contributed by atoms with Crippen LogP contribution in [0.1, 0.15) is 109 Å². The molecule has 52 heavy (non-hydrogen) atoms. The van der Waals surface area contributed by atoms with Crippen LogP contribution in [0.25, 0.3) is 0 Å². The fourth-order valence-corrected chi connectivity index (χ4v) is 9.00. The molecule has 4 heterocycles. The number of aliphatic hydroxyl groups is 4. The van der Waals surface area contributed by atoms with Crippen molar-refractivity contribution >= 4 is 5.97 Å². The Kier molecular flexibility index (Phi) is 13.6. The number of carbonyl (C=O) groups excluding carboxylic acids is 1. The Bertz CT molecular complexity index is 1260. The second-order valence-corrected chi connectivity index (χ2v) is 17.1. The lowest BCUT2D eigenvalue weighted by Crippen LogP contribution is -2.61. The van der Waals surface area contributed by atoms with Crippen molar-refractivity contribution in [3.63, 3.8) is 0 Å². The summed E-state index contributed by atoms with van der Waals surface area (Å²) in [5.74, 6) is -2.33. The number of hydrogen-bond donors (Lipinski definition) is 4. The monoisotopic (exact) mass is 743 g/mol. The van der Waals surface area contributed by atoms with Gasteiger partial charge in [-0.1, -0.05) is 20.8 Å². The van der Waals surface area contributed by atoms with Gasteiger partial charge in [0.05, 0.1) is 35.9 Å². The fourth-order valence-electron chi connectivity index (χ4n) is 9.00. The molecule has 0 saturated carbocycles. The Hall–Kier alpha value is -1.39. The van der Waals surface area contributed by atoms with Crippen LogP contribution in [-0.4, -0.2) is 136 Å². The Morgan fingerprint density at radius 1 is 0.981 bits per heavy atom. The van der Waals surface area contributed by atoms with Gasteiger partial charge in [0.25, 0.3) is 0 Å². The number of hydrogen-bond acceptors (Lipinski definition) is 13. The fraction of sp³-hybridized carbons (Fsp3) is 0.923. The van der Waals surface area contributed by atoms with Crippen LogP contribution in [0.3, 0.4) is 0 Å². The van der Waals surface area contributed by atoms with Gasteiger partial charge in [0.1, 0.15) is 41.4 Å². The van der Waals surface area contributed by atoms with E-state index in [1.165, 1.54) is 14.0 Å². The quantitative estimate of drug-likeness (QED) is 0.267. The number of nitrogens with zero attached hydrogens (tertiary/aromatic N) is 1. The lowest BCUT2D eigenvalue weighted by atomic mass is 9.78. The maximum atomic E-state index is 14.2. The van der Waals surface area contributed by atoms with E-state index in [9.17, 15) is 25.2 Å². The highest BCUT2D eigenvalue weighted by atomic mass is 16.7. The van der Waals surface area contributed by atoms with Crippen molar-refractivity contribution in [2.45, 2.75) is 199 Å². The van der Waals surface area contributed by atoms with Crippen LogP contribution < -0.4 is 0 Å². The molecule has 302 valence electrons. The standard InChI is InChI=1S/C39H69NO12/c1-15-27-39(12,45)32(42)22(6)30-20(4)17-38(11,52-30)34(51-36-29(41)26(16-21(5)47-36)40(13)19(2)3)23(7)31(24(8)35(44)49-27)50-28-18-37(10,46-14)33(43)25(9)48-28/h19,21-29,31-34,36,41-43,45H,15-18H2,1-14H3/t21-,22+,23+,24-,25+,26+,27-,28+,29-,31+,32-,33+,34-,36+,37-,38+,39-/m1/s1. The van der Waals surface area contributed by atoms with E-state index >= 15 is 0 Å². The minimum Gasteiger partial charge on any atom is -0.489 e. The number of rotatable bonds is 8. The van der Waals surface area contributed by atoms with Gasteiger partial charge in [-0.25, -0.2) is 0 Å². The third kappa shape index (κ3) is 8.39. The van der Waals surface area contributed by atoms with Crippen LogP contribution in [0.15, 0.2) is 11.3 Å². The first-order valence-electron chi connectivity index (χ1n) is 19.3. The zero-order valence-electron chi connectivity index (χ0n) is 34.0. The second-order valence-electron chi connectivity index (χ2n) is 17.1. The van der Waals surface area contributed by atoms with Crippen molar-refractivity contribution in [1.29, 1.82) is 0 Å². The van der Waals surface area contributed by atoms with Crippen molar-refractivity contribution in [3.8, 4) is 0 Å². The predicted molar refractivity (Wildman–Crippen MR) is 193 cm³/mol. The lowest BCUT2D eigenvalue weighted by Gasteiger charge is -2.49. The molecule has 4 N–H and O–H groups in total. The zero-order chi connectivity index (χ0) is 39.2. The molecule has 4 rings (SSSR count). The summed E-state index contributed by atoms with van der Waals surface area (Å²) in [7, 11) is 3.51. The summed E-state index contributed by atoms with van der Waals surface area (Å²) in [6, 6.07) is -0.0815. The molecule has 0 aromatic heterocycles. The number of cyclic esters (lactones) is 1. The van der Waals surface area contributed by atoms with Gasteiger partial charge in [0, 0.05) is 43.9 Å². The molecule has 3 fully saturated rings. The molecule has 2 bridgehead atoms. The van der Waals surface area contributed by atoms with Gasteiger partial charge in [-0.05, 0) is 87.8 Å². The van der Waals surface area contributed by atoms with E-state index in [4.69, 9.17) is 33.2 Å². The highest BCUT2D eigenvalue weighted by molar-refractivity contribution is 5.73. The number of esters is 1. The predicted octanol–water partition coefficient (Wildman–Crippen LogP) is 3.67. The Labute approximate surface area is 311 Å². The summed E-state index contributed by atoms with van der Waals surface area (Å²) < 4.78 is 44.9. The molecule has 0 aromatic rings. The normalized spacial score (nSPS) is 48.2. The number of likely N-dealkylation sites (N-methyl/N-ethyl adjacent to an activating group) is 1.